The predicted molar refractivity (Wildman–Crippen MR) is 37.8 cm³/mol. The average Bonchev–Trinajstić information content (AvgIpc) is 1.81. The Morgan fingerprint density at radius 3 is 1.91 bits per heavy atom. The fourth-order valence-electron chi connectivity index (χ4n) is 0.914. The summed E-state index contributed by atoms with van der Waals surface area (Å²) in [6, 6.07) is 0. The summed E-state index contributed by atoms with van der Waals surface area (Å²) in [7, 11) is -3.41. The van der Waals surface area contributed by atoms with Crippen molar-refractivity contribution in [3.8, 4) is 0 Å². The molecule has 1 fully saturated rings. The number of hydrogen-bond acceptors (Lipinski definition) is 4. The van der Waals surface area contributed by atoms with E-state index in [1.807, 2.05) is 0 Å². The smallest absolute Gasteiger partial charge is 0.164 e. The minimum absolute atomic E-state index is 0.472. The van der Waals surface area contributed by atoms with E-state index in [0.717, 1.165) is 0 Å². The van der Waals surface area contributed by atoms with Crippen LogP contribution in [0.1, 0.15) is 6.92 Å². The third-order valence-electron chi connectivity index (χ3n) is 1.69. The van der Waals surface area contributed by atoms with Crippen LogP contribution in [0.3, 0.4) is 0 Å². The van der Waals surface area contributed by atoms with Gasteiger partial charge in [-0.05, 0) is 6.92 Å². The van der Waals surface area contributed by atoms with Gasteiger partial charge in [-0.2, -0.15) is 0 Å². The normalized spacial score (nSPS) is 25.5. The van der Waals surface area contributed by atoms with Gasteiger partial charge in [0.15, 0.2) is 21.4 Å². The second kappa shape index (κ2) is 2.41. The van der Waals surface area contributed by atoms with Crippen LogP contribution in [0.15, 0.2) is 0 Å². The molecule has 1 saturated heterocycles. The van der Waals surface area contributed by atoms with Gasteiger partial charge in [0.25, 0.3) is 0 Å². The van der Waals surface area contributed by atoms with Crippen LogP contribution in [0.25, 0.3) is 0 Å². The van der Waals surface area contributed by atoms with E-state index in [0.29, 0.717) is 0 Å². The van der Waals surface area contributed by atoms with E-state index in [2.05, 4.69) is 0 Å². The number of carbonyl (C=O) groups excluding carboxylic acids is 2. The maximum atomic E-state index is 10.8. The molecule has 0 aromatic heterocycles. The molecule has 0 spiro atoms. The Bertz CT molecular complexity index is 277. The van der Waals surface area contributed by atoms with Gasteiger partial charge < -0.3 is 0 Å². The molecule has 62 valence electrons. The molecule has 0 radical (unpaired) electrons. The van der Waals surface area contributed by atoms with E-state index in [1.165, 1.54) is 6.92 Å². The Labute approximate surface area is 64.5 Å². The second-order valence-corrected chi connectivity index (χ2v) is 4.75. The van der Waals surface area contributed by atoms with E-state index < -0.39 is 38.8 Å². The fourth-order valence-corrected chi connectivity index (χ4v) is 2.38. The third kappa shape index (κ3) is 1.65. The predicted octanol–water partition coefficient (Wildman–Crippen LogP) is -0.811. The monoisotopic (exact) mass is 176 g/mol. The lowest BCUT2D eigenvalue weighted by Gasteiger charge is -2.14. The first-order valence-corrected chi connectivity index (χ1v) is 5.00. The number of ketones is 2. The molecule has 4 nitrogen and oxygen atoms in total. The summed E-state index contributed by atoms with van der Waals surface area (Å²) in [6.07, 6.45) is 0. The largest absolute Gasteiger partial charge is 0.298 e. The Morgan fingerprint density at radius 1 is 1.18 bits per heavy atom. The quantitative estimate of drug-likeness (QED) is 0.453. The maximum Gasteiger partial charge on any atom is 0.164 e. The van der Waals surface area contributed by atoms with Crippen molar-refractivity contribution in [2.45, 2.75) is 6.92 Å². The maximum absolute atomic E-state index is 10.8. The van der Waals surface area contributed by atoms with Crippen molar-refractivity contribution in [1.29, 1.82) is 0 Å². The van der Waals surface area contributed by atoms with Gasteiger partial charge in [-0.1, -0.05) is 0 Å². The highest BCUT2D eigenvalue weighted by Crippen LogP contribution is 2.10. The molecule has 0 atom stereocenters. The van der Waals surface area contributed by atoms with Crippen molar-refractivity contribution < 1.29 is 18.0 Å². The summed E-state index contributed by atoms with van der Waals surface area (Å²) in [4.78, 5) is 21.6. The van der Waals surface area contributed by atoms with Crippen LogP contribution in [-0.2, 0) is 19.4 Å². The molecule has 1 aliphatic heterocycles. The molecule has 1 rings (SSSR count). The SMILES string of the molecule is CC1C(=O)CS(=O)(=O)CC1=O. The van der Waals surface area contributed by atoms with E-state index >= 15 is 0 Å². The molecule has 0 N–H and O–H groups in total. The van der Waals surface area contributed by atoms with Crippen molar-refractivity contribution in [1.82, 2.24) is 0 Å². The van der Waals surface area contributed by atoms with Crippen LogP contribution in [-0.4, -0.2) is 31.5 Å². The van der Waals surface area contributed by atoms with Gasteiger partial charge in [-0.15, -0.1) is 0 Å². The summed E-state index contributed by atoms with van der Waals surface area (Å²) >= 11 is 0. The van der Waals surface area contributed by atoms with Gasteiger partial charge in [0, 0.05) is 0 Å². The lowest BCUT2D eigenvalue weighted by Crippen LogP contribution is -2.39. The summed E-state index contributed by atoms with van der Waals surface area (Å²) in [5.41, 5.74) is 0. The summed E-state index contributed by atoms with van der Waals surface area (Å²) in [6.45, 7) is 1.44. The van der Waals surface area contributed by atoms with Gasteiger partial charge in [0.1, 0.15) is 11.5 Å². The zero-order valence-electron chi connectivity index (χ0n) is 6.03. The highest BCUT2D eigenvalue weighted by atomic mass is 32.2. The Balaban J connectivity index is 2.96. The van der Waals surface area contributed by atoms with Crippen molar-refractivity contribution in [3.05, 3.63) is 0 Å². The zero-order valence-corrected chi connectivity index (χ0v) is 6.85. The minimum atomic E-state index is -3.41. The molecule has 0 amide bonds. The molecule has 5 heteroatoms. The fraction of sp³-hybridized carbons (Fsp3) is 0.667. The first kappa shape index (κ1) is 8.39. The van der Waals surface area contributed by atoms with E-state index in [9.17, 15) is 18.0 Å². The third-order valence-corrected chi connectivity index (χ3v) is 3.14. The second-order valence-electron chi connectivity index (χ2n) is 2.69. The first-order chi connectivity index (χ1) is 4.92. The Kier molecular flexibility index (Phi) is 1.83. The van der Waals surface area contributed by atoms with Gasteiger partial charge in [0.2, 0.25) is 0 Å². The molecule has 0 saturated carbocycles. The summed E-state index contributed by atoms with van der Waals surface area (Å²) in [5, 5.41) is 0. The van der Waals surface area contributed by atoms with Gasteiger partial charge in [0.05, 0.1) is 5.92 Å². The standard InChI is InChI=1S/C6H8O4S/c1-4-5(7)2-11(9,10)3-6(4)8/h4H,2-3H2,1H3. The molecule has 0 unspecified atom stereocenters. The van der Waals surface area contributed by atoms with E-state index in [1.54, 1.807) is 0 Å². The minimum Gasteiger partial charge on any atom is -0.298 e. The highest BCUT2D eigenvalue weighted by Gasteiger charge is 2.34. The van der Waals surface area contributed by atoms with Crippen LogP contribution in [0, 0.1) is 5.92 Å². The van der Waals surface area contributed by atoms with Crippen LogP contribution >= 0.6 is 0 Å². The van der Waals surface area contributed by atoms with Gasteiger partial charge >= 0.3 is 0 Å². The van der Waals surface area contributed by atoms with Crippen LogP contribution in [0.5, 0.6) is 0 Å². The lowest BCUT2D eigenvalue weighted by atomic mass is 10.0. The van der Waals surface area contributed by atoms with Crippen LogP contribution < -0.4 is 0 Å². The summed E-state index contributed by atoms with van der Waals surface area (Å²) < 4.78 is 21.6. The number of hydrogen-bond donors (Lipinski definition) is 0. The Morgan fingerprint density at radius 2 is 1.55 bits per heavy atom. The molecule has 11 heavy (non-hydrogen) atoms. The summed E-state index contributed by atoms with van der Waals surface area (Å²) in [5.74, 6) is -2.64. The molecular weight excluding hydrogens is 168 g/mol. The molecule has 0 aromatic rings. The molecule has 1 aliphatic rings. The van der Waals surface area contributed by atoms with Crippen molar-refractivity contribution in [3.63, 3.8) is 0 Å². The number of Topliss-reactive ketones (excluding diaryl/α,β-unsaturated/α-hetero) is 2. The Hall–Kier alpha value is -0.710. The van der Waals surface area contributed by atoms with Crippen molar-refractivity contribution >= 4 is 21.4 Å². The van der Waals surface area contributed by atoms with Gasteiger partial charge in [-0.3, -0.25) is 9.59 Å². The number of sulfone groups is 1. The van der Waals surface area contributed by atoms with Crippen LogP contribution in [0.4, 0.5) is 0 Å². The van der Waals surface area contributed by atoms with Crippen molar-refractivity contribution in [2.75, 3.05) is 11.5 Å². The lowest BCUT2D eigenvalue weighted by molar-refractivity contribution is -0.129. The van der Waals surface area contributed by atoms with E-state index in [4.69, 9.17) is 0 Å². The molecule has 0 bridgehead atoms. The molecular formula is C6H8O4S. The first-order valence-electron chi connectivity index (χ1n) is 3.18. The number of carbonyl (C=O) groups is 2. The highest BCUT2D eigenvalue weighted by molar-refractivity contribution is 7.93. The van der Waals surface area contributed by atoms with E-state index in [-0.39, 0.29) is 0 Å². The molecule has 1 heterocycles. The van der Waals surface area contributed by atoms with Crippen molar-refractivity contribution in [2.24, 2.45) is 5.92 Å². The topological polar surface area (TPSA) is 68.3 Å². The van der Waals surface area contributed by atoms with Crippen LogP contribution in [0.2, 0.25) is 0 Å². The van der Waals surface area contributed by atoms with Gasteiger partial charge in [-0.25, -0.2) is 8.42 Å². The molecule has 0 aliphatic carbocycles. The average molecular weight is 176 g/mol. The molecule has 0 aromatic carbocycles. The number of rotatable bonds is 0. The zero-order chi connectivity index (χ0) is 8.65.